The zero-order chi connectivity index (χ0) is 23.8. The highest BCUT2D eigenvalue weighted by atomic mass is 79.9. The zero-order valence-electron chi connectivity index (χ0n) is 18.4. The summed E-state index contributed by atoms with van der Waals surface area (Å²) < 4.78 is 14.2. The largest absolute Gasteiger partial charge is 0.493 e. The summed E-state index contributed by atoms with van der Waals surface area (Å²) >= 11 is 11.2. The molecular formula is C24H23BrClN5O2S. The SMILES string of the molecule is COc1cc(CNCCSc2nnnn2-c2ccccc2)cc(Br)c1OCc1ccc(Cl)cc1. The van der Waals surface area contributed by atoms with Crippen LogP contribution < -0.4 is 14.8 Å². The Bertz CT molecular complexity index is 1210. The number of nitrogens with one attached hydrogen (secondary N) is 1. The van der Waals surface area contributed by atoms with Crippen LogP contribution in [-0.4, -0.2) is 39.6 Å². The van der Waals surface area contributed by atoms with E-state index >= 15 is 0 Å². The molecule has 0 aliphatic rings. The van der Waals surface area contributed by atoms with E-state index in [9.17, 15) is 0 Å². The maximum absolute atomic E-state index is 6.01. The molecule has 0 aliphatic carbocycles. The molecule has 0 spiro atoms. The van der Waals surface area contributed by atoms with Crippen molar-refractivity contribution >= 4 is 39.3 Å². The Morgan fingerprint density at radius 3 is 2.62 bits per heavy atom. The Hall–Kier alpha value is -2.59. The van der Waals surface area contributed by atoms with Crippen molar-refractivity contribution in [2.75, 3.05) is 19.4 Å². The maximum atomic E-state index is 6.01. The van der Waals surface area contributed by atoms with Crippen LogP contribution in [0.3, 0.4) is 0 Å². The predicted octanol–water partition coefficient (Wildman–Crippen LogP) is 5.55. The molecule has 1 heterocycles. The summed E-state index contributed by atoms with van der Waals surface area (Å²) in [6.07, 6.45) is 0. The van der Waals surface area contributed by atoms with E-state index in [0.717, 1.165) is 38.7 Å². The monoisotopic (exact) mass is 559 g/mol. The summed E-state index contributed by atoms with van der Waals surface area (Å²) in [7, 11) is 1.64. The standard InChI is InChI=1S/C24H23BrClN5O2S/c1-32-22-14-18(13-21(25)23(22)33-16-17-7-9-19(26)10-8-17)15-27-11-12-34-24-28-29-30-31(24)20-5-3-2-4-6-20/h2-10,13-14,27H,11-12,15-16H2,1H3. The van der Waals surface area contributed by atoms with Crippen LogP contribution in [-0.2, 0) is 13.2 Å². The molecule has 0 aliphatic heterocycles. The van der Waals surface area contributed by atoms with Gasteiger partial charge in [-0.05, 0) is 73.9 Å². The van der Waals surface area contributed by atoms with Crippen LogP contribution in [0.1, 0.15) is 11.1 Å². The lowest BCUT2D eigenvalue weighted by molar-refractivity contribution is 0.282. The number of ether oxygens (including phenoxy) is 2. The van der Waals surface area contributed by atoms with Crippen LogP contribution >= 0.6 is 39.3 Å². The predicted molar refractivity (Wildman–Crippen MR) is 138 cm³/mol. The van der Waals surface area contributed by atoms with Gasteiger partial charge in [-0.25, -0.2) is 0 Å². The highest BCUT2D eigenvalue weighted by Crippen LogP contribution is 2.37. The third-order valence-electron chi connectivity index (χ3n) is 4.87. The first kappa shape index (κ1) is 24.5. The van der Waals surface area contributed by atoms with Crippen LogP contribution in [0.25, 0.3) is 5.69 Å². The van der Waals surface area contributed by atoms with Gasteiger partial charge < -0.3 is 14.8 Å². The van der Waals surface area contributed by atoms with Crippen molar-refractivity contribution in [3.05, 3.63) is 87.4 Å². The Balaban J connectivity index is 1.29. The van der Waals surface area contributed by atoms with Crippen LogP contribution in [0.2, 0.25) is 5.02 Å². The van der Waals surface area contributed by atoms with Crippen molar-refractivity contribution in [1.82, 2.24) is 25.5 Å². The normalized spacial score (nSPS) is 10.9. The van der Waals surface area contributed by atoms with Crippen molar-refractivity contribution in [2.45, 2.75) is 18.3 Å². The number of nitrogens with zero attached hydrogens (tertiary/aromatic N) is 4. The molecule has 4 rings (SSSR count). The minimum absolute atomic E-state index is 0.420. The van der Waals surface area contributed by atoms with Crippen LogP contribution in [0, 0.1) is 0 Å². The molecule has 3 aromatic carbocycles. The van der Waals surface area contributed by atoms with E-state index in [2.05, 4.69) is 36.8 Å². The Morgan fingerprint density at radius 2 is 1.85 bits per heavy atom. The molecule has 7 nitrogen and oxygen atoms in total. The Kier molecular flexibility index (Phi) is 8.81. The van der Waals surface area contributed by atoms with Gasteiger partial charge in [0.15, 0.2) is 11.5 Å². The molecule has 0 radical (unpaired) electrons. The zero-order valence-corrected chi connectivity index (χ0v) is 21.6. The summed E-state index contributed by atoms with van der Waals surface area (Å²) in [6, 6.07) is 21.5. The lowest BCUT2D eigenvalue weighted by atomic mass is 10.2. The number of tetrazole rings is 1. The van der Waals surface area contributed by atoms with Gasteiger partial charge in [0.25, 0.3) is 0 Å². The highest BCUT2D eigenvalue weighted by Gasteiger charge is 2.13. The molecule has 0 amide bonds. The number of methoxy groups -OCH3 is 1. The van der Waals surface area contributed by atoms with Crippen LogP contribution in [0.4, 0.5) is 0 Å². The first-order valence-electron chi connectivity index (χ1n) is 10.5. The molecule has 0 fully saturated rings. The van der Waals surface area contributed by atoms with Crippen molar-refractivity contribution in [1.29, 1.82) is 0 Å². The van der Waals surface area contributed by atoms with Gasteiger partial charge in [-0.2, -0.15) is 4.68 Å². The van der Waals surface area contributed by atoms with Gasteiger partial charge in [-0.1, -0.05) is 53.7 Å². The van der Waals surface area contributed by atoms with Gasteiger partial charge in [0, 0.05) is 23.9 Å². The van der Waals surface area contributed by atoms with Gasteiger partial charge in [0.05, 0.1) is 17.3 Å². The average Bonchev–Trinajstić information content (AvgIpc) is 3.33. The maximum Gasteiger partial charge on any atom is 0.214 e. The molecule has 1 aromatic heterocycles. The molecule has 4 aromatic rings. The second-order valence-corrected chi connectivity index (χ2v) is 9.61. The quantitative estimate of drug-likeness (QED) is 0.190. The minimum atomic E-state index is 0.420. The molecule has 0 saturated carbocycles. The number of rotatable bonds is 11. The summed E-state index contributed by atoms with van der Waals surface area (Å²) in [5.74, 6) is 2.18. The number of hydrogen-bond acceptors (Lipinski definition) is 7. The molecule has 176 valence electrons. The Morgan fingerprint density at radius 1 is 1.06 bits per heavy atom. The molecular weight excluding hydrogens is 538 g/mol. The molecule has 10 heteroatoms. The molecule has 0 atom stereocenters. The van der Waals surface area contributed by atoms with Gasteiger partial charge >= 0.3 is 0 Å². The molecule has 0 bridgehead atoms. The van der Waals surface area contributed by atoms with E-state index in [1.54, 1.807) is 23.6 Å². The number of halogens is 2. The summed E-state index contributed by atoms with van der Waals surface area (Å²) in [6.45, 7) is 1.90. The lowest BCUT2D eigenvalue weighted by Crippen LogP contribution is -2.17. The van der Waals surface area contributed by atoms with Crippen LogP contribution in [0.15, 0.2) is 76.4 Å². The van der Waals surface area contributed by atoms with Gasteiger partial charge in [-0.3, -0.25) is 0 Å². The van der Waals surface area contributed by atoms with E-state index < -0.39 is 0 Å². The number of hydrogen-bond donors (Lipinski definition) is 1. The third-order valence-corrected chi connectivity index (χ3v) is 6.63. The second kappa shape index (κ2) is 12.2. The number of aromatic nitrogens is 4. The molecule has 0 saturated heterocycles. The minimum Gasteiger partial charge on any atom is -0.493 e. The smallest absolute Gasteiger partial charge is 0.214 e. The topological polar surface area (TPSA) is 74.1 Å². The van der Waals surface area contributed by atoms with Crippen LogP contribution in [0.5, 0.6) is 11.5 Å². The van der Waals surface area contributed by atoms with Crippen molar-refractivity contribution in [3.8, 4) is 17.2 Å². The number of benzene rings is 3. The fraction of sp³-hybridized carbons (Fsp3) is 0.208. The third kappa shape index (κ3) is 6.50. The highest BCUT2D eigenvalue weighted by molar-refractivity contribution is 9.10. The summed E-state index contributed by atoms with van der Waals surface area (Å²) in [5.41, 5.74) is 3.06. The molecule has 34 heavy (non-hydrogen) atoms. The van der Waals surface area contributed by atoms with Gasteiger partial charge in [0.2, 0.25) is 5.16 Å². The lowest BCUT2D eigenvalue weighted by Gasteiger charge is -2.15. The van der Waals surface area contributed by atoms with E-state index in [1.165, 1.54) is 0 Å². The van der Waals surface area contributed by atoms with E-state index in [0.29, 0.717) is 29.7 Å². The van der Waals surface area contributed by atoms with E-state index in [1.807, 2.05) is 66.7 Å². The number of para-hydroxylation sites is 1. The van der Waals surface area contributed by atoms with Gasteiger partial charge in [0.1, 0.15) is 6.61 Å². The van der Waals surface area contributed by atoms with Crippen molar-refractivity contribution in [2.24, 2.45) is 0 Å². The fourth-order valence-corrected chi connectivity index (χ4v) is 4.72. The first-order chi connectivity index (χ1) is 16.6. The van der Waals surface area contributed by atoms with E-state index in [4.69, 9.17) is 21.1 Å². The number of thioether (sulfide) groups is 1. The van der Waals surface area contributed by atoms with Crippen molar-refractivity contribution < 1.29 is 9.47 Å². The summed E-state index contributed by atoms with van der Waals surface area (Å²) in [5, 5.41) is 16.9. The van der Waals surface area contributed by atoms with Crippen molar-refractivity contribution in [3.63, 3.8) is 0 Å². The average molecular weight is 561 g/mol. The fourth-order valence-electron chi connectivity index (χ4n) is 3.20. The second-order valence-electron chi connectivity index (χ2n) is 7.26. The molecule has 1 N–H and O–H groups in total. The first-order valence-corrected chi connectivity index (χ1v) is 12.7. The van der Waals surface area contributed by atoms with Gasteiger partial charge in [-0.15, -0.1) is 5.10 Å². The van der Waals surface area contributed by atoms with E-state index in [-0.39, 0.29) is 0 Å². The Labute approximate surface area is 215 Å². The molecule has 0 unspecified atom stereocenters. The summed E-state index contributed by atoms with van der Waals surface area (Å²) in [4.78, 5) is 0.